The zero-order valence-electron chi connectivity index (χ0n) is 9.11. The molecule has 0 aliphatic rings. The van der Waals surface area contributed by atoms with Gasteiger partial charge in [0.1, 0.15) is 5.82 Å². The molecule has 1 amide bonds. The van der Waals surface area contributed by atoms with Gasteiger partial charge in [0.05, 0.1) is 11.4 Å². The number of thioether (sulfide) groups is 1. The number of hydrogen-bond acceptors (Lipinski definition) is 4. The van der Waals surface area contributed by atoms with E-state index in [2.05, 4.69) is 10.5 Å². The van der Waals surface area contributed by atoms with Gasteiger partial charge in [-0.2, -0.15) is 11.8 Å². The number of nitrogens with two attached hydrogens (primary N) is 1. The van der Waals surface area contributed by atoms with Gasteiger partial charge >= 0.3 is 0 Å². The van der Waals surface area contributed by atoms with Crippen LogP contribution >= 0.6 is 11.8 Å². The van der Waals surface area contributed by atoms with Crippen LogP contribution in [-0.4, -0.2) is 29.0 Å². The largest absolute Gasteiger partial charge is 0.409 e. The highest BCUT2D eigenvalue weighted by Gasteiger charge is 2.11. The van der Waals surface area contributed by atoms with Crippen molar-refractivity contribution in [2.75, 3.05) is 17.3 Å². The number of carbonyl (C=O) groups is 1. The van der Waals surface area contributed by atoms with Crippen molar-refractivity contribution in [2.24, 2.45) is 10.9 Å². The molecular weight excluding hydrogens is 245 g/mol. The summed E-state index contributed by atoms with van der Waals surface area (Å²) in [5.41, 5.74) is 5.84. The maximum atomic E-state index is 13.0. The van der Waals surface area contributed by atoms with Gasteiger partial charge in [0.2, 0.25) is 5.91 Å². The van der Waals surface area contributed by atoms with Crippen molar-refractivity contribution in [3.63, 3.8) is 0 Å². The summed E-state index contributed by atoms with van der Waals surface area (Å²) in [5.74, 6) is -0.762. The number of anilines is 1. The molecule has 0 aliphatic heterocycles. The lowest BCUT2D eigenvalue weighted by Crippen LogP contribution is -2.20. The lowest BCUT2D eigenvalue weighted by molar-refractivity contribution is -0.113. The van der Waals surface area contributed by atoms with Gasteiger partial charge < -0.3 is 16.3 Å². The number of oxime groups is 1. The highest BCUT2D eigenvalue weighted by atomic mass is 32.2. The molecule has 0 radical (unpaired) electrons. The van der Waals surface area contributed by atoms with Gasteiger partial charge in [-0.25, -0.2) is 4.39 Å². The molecule has 1 aromatic rings. The van der Waals surface area contributed by atoms with E-state index in [4.69, 9.17) is 10.9 Å². The third kappa shape index (κ3) is 3.63. The molecule has 0 bridgehead atoms. The first-order valence-electron chi connectivity index (χ1n) is 4.64. The Labute approximate surface area is 102 Å². The molecule has 0 atom stereocenters. The van der Waals surface area contributed by atoms with Crippen molar-refractivity contribution in [2.45, 2.75) is 0 Å². The molecule has 0 heterocycles. The van der Waals surface area contributed by atoms with E-state index in [0.717, 1.165) is 6.07 Å². The minimum Gasteiger partial charge on any atom is -0.409 e. The van der Waals surface area contributed by atoms with Crippen molar-refractivity contribution in [1.82, 2.24) is 0 Å². The van der Waals surface area contributed by atoms with Crippen LogP contribution in [-0.2, 0) is 4.79 Å². The van der Waals surface area contributed by atoms with Crippen LogP contribution in [0.4, 0.5) is 10.1 Å². The maximum absolute atomic E-state index is 13.0. The third-order valence-electron chi connectivity index (χ3n) is 1.91. The van der Waals surface area contributed by atoms with Crippen LogP contribution in [0.25, 0.3) is 0 Å². The molecule has 7 heteroatoms. The number of nitrogens with zero attached hydrogens (tertiary/aromatic N) is 1. The first kappa shape index (κ1) is 13.3. The van der Waals surface area contributed by atoms with Gasteiger partial charge in [0.25, 0.3) is 0 Å². The second-order valence-electron chi connectivity index (χ2n) is 3.16. The molecule has 5 nitrogen and oxygen atoms in total. The minimum atomic E-state index is -0.533. The lowest BCUT2D eigenvalue weighted by atomic mass is 10.1. The first-order chi connectivity index (χ1) is 8.08. The van der Waals surface area contributed by atoms with Crippen molar-refractivity contribution in [1.29, 1.82) is 0 Å². The molecule has 4 N–H and O–H groups in total. The number of halogens is 1. The summed E-state index contributed by atoms with van der Waals surface area (Å²) in [6.07, 6.45) is 1.79. The van der Waals surface area contributed by atoms with Crippen LogP contribution < -0.4 is 11.1 Å². The van der Waals surface area contributed by atoms with E-state index in [-0.39, 0.29) is 23.1 Å². The molecule has 0 saturated heterocycles. The van der Waals surface area contributed by atoms with Gasteiger partial charge in [-0.1, -0.05) is 5.16 Å². The van der Waals surface area contributed by atoms with E-state index in [0.29, 0.717) is 5.69 Å². The average molecular weight is 257 g/mol. The van der Waals surface area contributed by atoms with Crippen LogP contribution in [0.3, 0.4) is 0 Å². The number of nitrogens with one attached hydrogen (secondary N) is 1. The molecule has 17 heavy (non-hydrogen) atoms. The highest BCUT2D eigenvalue weighted by molar-refractivity contribution is 7.99. The normalized spacial score (nSPS) is 11.3. The van der Waals surface area contributed by atoms with Crippen LogP contribution in [0.5, 0.6) is 0 Å². The second-order valence-corrected chi connectivity index (χ2v) is 4.02. The Morgan fingerprint density at radius 2 is 2.35 bits per heavy atom. The van der Waals surface area contributed by atoms with Gasteiger partial charge in [-0.15, -0.1) is 0 Å². The standard InChI is InChI=1S/C10H12FN3O2S/c1-17-5-9(15)13-8-3-2-6(11)4-7(8)10(12)14-16/h2-4,16H,5H2,1H3,(H2,12,14)(H,13,15). The monoisotopic (exact) mass is 257 g/mol. The van der Waals surface area contributed by atoms with Gasteiger partial charge in [-0.05, 0) is 24.5 Å². The predicted molar refractivity (Wildman–Crippen MR) is 65.9 cm³/mol. The van der Waals surface area contributed by atoms with Crippen molar-refractivity contribution in [3.8, 4) is 0 Å². The molecule has 0 unspecified atom stereocenters. The van der Waals surface area contributed by atoms with Crippen molar-refractivity contribution < 1.29 is 14.4 Å². The van der Waals surface area contributed by atoms with E-state index < -0.39 is 5.82 Å². The Balaban J connectivity index is 3.02. The highest BCUT2D eigenvalue weighted by Crippen LogP contribution is 2.17. The van der Waals surface area contributed by atoms with E-state index in [1.54, 1.807) is 6.26 Å². The number of carbonyl (C=O) groups excluding carboxylic acids is 1. The van der Waals surface area contributed by atoms with Crippen molar-refractivity contribution >= 4 is 29.2 Å². The summed E-state index contributed by atoms with van der Waals surface area (Å²) < 4.78 is 13.0. The van der Waals surface area contributed by atoms with Crippen LogP contribution in [0.15, 0.2) is 23.4 Å². The first-order valence-corrected chi connectivity index (χ1v) is 6.04. The summed E-state index contributed by atoms with van der Waals surface area (Å²) >= 11 is 1.36. The number of amides is 1. The van der Waals surface area contributed by atoms with Crippen LogP contribution in [0.2, 0.25) is 0 Å². The Bertz CT molecular complexity index is 451. The number of amidine groups is 1. The van der Waals surface area contributed by atoms with Crippen LogP contribution in [0, 0.1) is 5.82 Å². The Hall–Kier alpha value is -1.76. The van der Waals surface area contributed by atoms with Gasteiger partial charge in [0.15, 0.2) is 5.84 Å². The van der Waals surface area contributed by atoms with Gasteiger partial charge in [0, 0.05) is 5.56 Å². The molecule has 92 valence electrons. The van der Waals surface area contributed by atoms with E-state index in [1.807, 2.05) is 0 Å². The molecule has 0 aliphatic carbocycles. The molecular formula is C10H12FN3O2S. The third-order valence-corrected chi connectivity index (χ3v) is 2.47. The summed E-state index contributed by atoms with van der Waals surface area (Å²) in [5, 5.41) is 13.9. The number of rotatable bonds is 4. The molecule has 0 aromatic heterocycles. The fourth-order valence-corrected chi connectivity index (χ4v) is 1.54. The second kappa shape index (κ2) is 6.09. The number of benzene rings is 1. The maximum Gasteiger partial charge on any atom is 0.234 e. The van der Waals surface area contributed by atoms with E-state index in [1.165, 1.54) is 23.9 Å². The Morgan fingerprint density at radius 1 is 1.65 bits per heavy atom. The zero-order chi connectivity index (χ0) is 12.8. The molecule has 0 spiro atoms. The van der Waals surface area contributed by atoms with Crippen molar-refractivity contribution in [3.05, 3.63) is 29.6 Å². The van der Waals surface area contributed by atoms with Gasteiger partial charge in [-0.3, -0.25) is 4.79 Å². The summed E-state index contributed by atoms with van der Waals surface area (Å²) in [6, 6.07) is 3.63. The summed E-state index contributed by atoms with van der Waals surface area (Å²) in [7, 11) is 0. The topological polar surface area (TPSA) is 87.7 Å². The lowest BCUT2D eigenvalue weighted by Gasteiger charge is -2.09. The van der Waals surface area contributed by atoms with Crippen LogP contribution in [0.1, 0.15) is 5.56 Å². The summed E-state index contributed by atoms with van der Waals surface area (Å²) in [4.78, 5) is 11.4. The SMILES string of the molecule is CSCC(=O)Nc1ccc(F)cc1/C(N)=N/O. The quantitative estimate of drug-likeness (QED) is 0.327. The average Bonchev–Trinajstić information content (AvgIpc) is 2.30. The molecule has 0 saturated carbocycles. The predicted octanol–water partition coefficient (Wildman–Crippen LogP) is 1.22. The zero-order valence-corrected chi connectivity index (χ0v) is 9.92. The van der Waals surface area contributed by atoms with E-state index >= 15 is 0 Å². The molecule has 1 aromatic carbocycles. The fourth-order valence-electron chi connectivity index (χ4n) is 1.21. The summed E-state index contributed by atoms with van der Waals surface area (Å²) in [6.45, 7) is 0. The molecule has 1 rings (SSSR count). The molecule has 0 fully saturated rings. The smallest absolute Gasteiger partial charge is 0.234 e. The Kier molecular flexibility index (Phi) is 4.77. The van der Waals surface area contributed by atoms with E-state index in [9.17, 15) is 9.18 Å². The number of hydrogen-bond donors (Lipinski definition) is 3. The minimum absolute atomic E-state index is 0.141. The fraction of sp³-hybridized carbons (Fsp3) is 0.200. The Morgan fingerprint density at radius 3 is 2.94 bits per heavy atom.